The van der Waals surface area contributed by atoms with Crippen molar-refractivity contribution in [2.75, 3.05) is 19.8 Å². The van der Waals surface area contributed by atoms with Gasteiger partial charge in [0.25, 0.3) is 0 Å². The first-order valence-electron chi connectivity index (χ1n) is 12.5. The van der Waals surface area contributed by atoms with E-state index in [1.807, 2.05) is 47.2 Å². The molecular formula is C30H29Cl2N3O3. The molecule has 8 heteroatoms. The Kier molecular flexibility index (Phi) is 8.79. The van der Waals surface area contributed by atoms with E-state index in [1.54, 1.807) is 24.7 Å². The van der Waals surface area contributed by atoms with Gasteiger partial charge in [-0.2, -0.15) is 0 Å². The summed E-state index contributed by atoms with van der Waals surface area (Å²) in [6.45, 7) is 2.68. The van der Waals surface area contributed by atoms with Gasteiger partial charge >= 0.3 is 0 Å². The monoisotopic (exact) mass is 549 g/mol. The zero-order chi connectivity index (χ0) is 26.2. The van der Waals surface area contributed by atoms with Crippen molar-refractivity contribution in [3.05, 3.63) is 124 Å². The Labute approximate surface area is 232 Å². The van der Waals surface area contributed by atoms with E-state index in [9.17, 15) is 0 Å². The predicted molar refractivity (Wildman–Crippen MR) is 150 cm³/mol. The minimum Gasteiger partial charge on any atom is -0.491 e. The molecule has 1 fully saturated rings. The number of halogens is 2. The van der Waals surface area contributed by atoms with Gasteiger partial charge in [-0.15, -0.1) is 0 Å². The number of ether oxygens (including phenoxy) is 3. The van der Waals surface area contributed by atoms with Crippen molar-refractivity contribution < 1.29 is 14.2 Å². The Bertz CT molecular complexity index is 1330. The first kappa shape index (κ1) is 26.5. The van der Waals surface area contributed by atoms with E-state index < -0.39 is 5.79 Å². The summed E-state index contributed by atoms with van der Waals surface area (Å²) in [6, 6.07) is 23.7. The normalized spacial score (nSPS) is 19.3. The second kappa shape index (κ2) is 12.6. The zero-order valence-corrected chi connectivity index (χ0v) is 22.3. The molecule has 2 unspecified atom stereocenters. The third kappa shape index (κ3) is 6.84. The second-order valence-electron chi connectivity index (χ2n) is 9.06. The lowest BCUT2D eigenvalue weighted by Crippen LogP contribution is -2.34. The summed E-state index contributed by atoms with van der Waals surface area (Å²) < 4.78 is 20.6. The Hall–Kier alpha value is -3.13. The van der Waals surface area contributed by atoms with Crippen molar-refractivity contribution in [3.63, 3.8) is 0 Å². The number of rotatable bonds is 11. The fraction of sp³-hybridized carbons (Fsp3) is 0.233. The first-order chi connectivity index (χ1) is 18.6. The molecule has 4 aromatic rings. The Balaban J connectivity index is 1.14. The van der Waals surface area contributed by atoms with Crippen LogP contribution in [0.1, 0.15) is 16.7 Å². The highest BCUT2D eigenvalue weighted by Crippen LogP contribution is 2.40. The lowest BCUT2D eigenvalue weighted by Gasteiger charge is -2.30. The highest BCUT2D eigenvalue weighted by atomic mass is 35.5. The van der Waals surface area contributed by atoms with E-state index in [2.05, 4.69) is 46.7 Å². The molecule has 1 saturated heterocycles. The van der Waals surface area contributed by atoms with E-state index in [1.165, 1.54) is 11.1 Å². The maximum absolute atomic E-state index is 6.55. The van der Waals surface area contributed by atoms with Crippen LogP contribution in [0.4, 0.5) is 0 Å². The molecule has 1 aliphatic rings. The number of benzene rings is 3. The molecule has 38 heavy (non-hydrogen) atoms. The van der Waals surface area contributed by atoms with E-state index in [0.29, 0.717) is 29.8 Å². The van der Waals surface area contributed by atoms with Crippen LogP contribution >= 0.6 is 23.2 Å². The van der Waals surface area contributed by atoms with Gasteiger partial charge in [0.05, 0.1) is 24.5 Å². The molecule has 2 heterocycles. The van der Waals surface area contributed by atoms with Crippen LogP contribution in [0, 0.1) is 0 Å². The maximum atomic E-state index is 6.55. The highest BCUT2D eigenvalue weighted by molar-refractivity contribution is 6.35. The summed E-state index contributed by atoms with van der Waals surface area (Å²) in [5.41, 5.74) is 3.10. The Morgan fingerprint density at radius 3 is 2.68 bits per heavy atom. The number of nitrogens with one attached hydrogen (secondary N) is 1. The Morgan fingerprint density at radius 2 is 1.92 bits per heavy atom. The quantitative estimate of drug-likeness (QED) is 0.221. The molecule has 6 nitrogen and oxygen atoms in total. The summed E-state index contributed by atoms with van der Waals surface area (Å²) in [6.07, 6.45) is 9.26. The fourth-order valence-electron chi connectivity index (χ4n) is 4.33. The molecule has 5 rings (SSSR count). The summed E-state index contributed by atoms with van der Waals surface area (Å²) in [5.74, 6) is -0.293. The van der Waals surface area contributed by atoms with E-state index in [-0.39, 0.29) is 6.10 Å². The van der Waals surface area contributed by atoms with Crippen molar-refractivity contribution in [2.24, 2.45) is 0 Å². The lowest BCUT2D eigenvalue weighted by atomic mass is 10.1. The molecule has 2 atom stereocenters. The second-order valence-corrected chi connectivity index (χ2v) is 9.91. The van der Waals surface area contributed by atoms with Crippen molar-refractivity contribution in [1.82, 2.24) is 14.9 Å². The van der Waals surface area contributed by atoms with Crippen molar-refractivity contribution >= 4 is 29.3 Å². The predicted octanol–water partition coefficient (Wildman–Crippen LogP) is 6.34. The fourth-order valence-corrected chi connectivity index (χ4v) is 4.88. The standard InChI is InChI=1S/C30H29Cl2N3O3/c31-25-10-13-28(29(32)17-25)30(21-35-16-15-34-22-35)37-20-27(38-30)19-36-26-11-8-24(9-12-26)18-33-14-4-7-23-5-2-1-3-6-23/h1-13,15-17,22,27,33H,14,18-21H2/b7-4+. The molecule has 0 saturated carbocycles. The summed E-state index contributed by atoms with van der Waals surface area (Å²) in [4.78, 5) is 4.13. The summed E-state index contributed by atoms with van der Waals surface area (Å²) in [5, 5.41) is 4.47. The van der Waals surface area contributed by atoms with Crippen LogP contribution in [0.5, 0.6) is 5.75 Å². The van der Waals surface area contributed by atoms with Crippen LogP contribution in [0.2, 0.25) is 10.0 Å². The zero-order valence-electron chi connectivity index (χ0n) is 20.8. The summed E-state index contributed by atoms with van der Waals surface area (Å²) >= 11 is 12.7. The molecule has 1 aromatic heterocycles. The van der Waals surface area contributed by atoms with Crippen LogP contribution in [0.15, 0.2) is 97.6 Å². The van der Waals surface area contributed by atoms with Crippen molar-refractivity contribution in [2.45, 2.75) is 25.0 Å². The van der Waals surface area contributed by atoms with Crippen LogP contribution in [-0.4, -0.2) is 35.4 Å². The average molecular weight is 550 g/mol. The van der Waals surface area contributed by atoms with Gasteiger partial charge in [-0.3, -0.25) is 0 Å². The topological polar surface area (TPSA) is 57.5 Å². The molecule has 1 aliphatic heterocycles. The smallest absolute Gasteiger partial charge is 0.215 e. The van der Waals surface area contributed by atoms with Crippen LogP contribution in [0.25, 0.3) is 6.08 Å². The molecule has 0 radical (unpaired) electrons. The number of imidazole rings is 1. The van der Waals surface area contributed by atoms with E-state index in [4.69, 9.17) is 37.4 Å². The SMILES string of the molecule is Clc1ccc(C2(Cn3ccnc3)OCC(COc3ccc(CNC/C=C/c4ccccc4)cc3)O2)c(Cl)c1. The minimum absolute atomic E-state index is 0.275. The maximum Gasteiger partial charge on any atom is 0.215 e. The molecule has 0 bridgehead atoms. The van der Waals surface area contributed by atoms with Gasteiger partial charge < -0.3 is 24.1 Å². The molecular weight excluding hydrogens is 521 g/mol. The molecule has 0 amide bonds. The van der Waals surface area contributed by atoms with Crippen LogP contribution in [0.3, 0.4) is 0 Å². The average Bonchev–Trinajstić information content (AvgIpc) is 3.59. The highest BCUT2D eigenvalue weighted by Gasteiger charge is 2.45. The summed E-state index contributed by atoms with van der Waals surface area (Å²) in [7, 11) is 0. The molecule has 0 aliphatic carbocycles. The van der Waals surface area contributed by atoms with Gasteiger partial charge in [-0.05, 0) is 35.4 Å². The number of nitrogens with zero attached hydrogens (tertiary/aromatic N) is 2. The van der Waals surface area contributed by atoms with Gasteiger partial charge in [-0.25, -0.2) is 4.98 Å². The largest absolute Gasteiger partial charge is 0.491 e. The van der Waals surface area contributed by atoms with Gasteiger partial charge in [0.1, 0.15) is 18.5 Å². The molecule has 3 aromatic carbocycles. The van der Waals surface area contributed by atoms with Gasteiger partial charge in [-0.1, -0.05) is 83.9 Å². The van der Waals surface area contributed by atoms with Crippen LogP contribution in [-0.2, 0) is 28.4 Å². The first-order valence-corrected chi connectivity index (χ1v) is 13.2. The van der Waals surface area contributed by atoms with Gasteiger partial charge in [0.2, 0.25) is 5.79 Å². The number of hydrogen-bond donors (Lipinski definition) is 1. The van der Waals surface area contributed by atoms with E-state index in [0.717, 1.165) is 24.4 Å². The molecule has 0 spiro atoms. The molecule has 1 N–H and O–H groups in total. The van der Waals surface area contributed by atoms with Gasteiger partial charge in [0, 0.05) is 36.1 Å². The van der Waals surface area contributed by atoms with Crippen molar-refractivity contribution in [1.29, 1.82) is 0 Å². The van der Waals surface area contributed by atoms with Crippen molar-refractivity contribution in [3.8, 4) is 5.75 Å². The van der Waals surface area contributed by atoms with E-state index >= 15 is 0 Å². The van der Waals surface area contributed by atoms with Crippen LogP contribution < -0.4 is 10.1 Å². The minimum atomic E-state index is -1.07. The third-order valence-electron chi connectivity index (χ3n) is 6.21. The Morgan fingerprint density at radius 1 is 1.08 bits per heavy atom. The number of hydrogen-bond acceptors (Lipinski definition) is 5. The van der Waals surface area contributed by atoms with Gasteiger partial charge in [0.15, 0.2) is 0 Å². The number of aromatic nitrogens is 2. The molecule has 196 valence electrons. The third-order valence-corrected chi connectivity index (χ3v) is 6.76. The lowest BCUT2D eigenvalue weighted by molar-refractivity contribution is -0.189.